The van der Waals surface area contributed by atoms with Crippen LogP contribution in [0.25, 0.3) is 0 Å². The van der Waals surface area contributed by atoms with Crippen molar-refractivity contribution in [1.29, 1.82) is 0 Å². The molecule has 2 N–H and O–H groups in total. The number of hydrogen-bond acceptors (Lipinski definition) is 3. The Hall–Kier alpha value is -1.61. The van der Waals surface area contributed by atoms with Crippen LogP contribution < -0.4 is 5.73 Å². The van der Waals surface area contributed by atoms with Crippen LogP contribution in [0.1, 0.15) is 17.9 Å². The minimum atomic E-state index is -0.237. The lowest BCUT2D eigenvalue weighted by molar-refractivity contribution is -0.142. The molecule has 1 aromatic carbocycles. The van der Waals surface area contributed by atoms with Crippen molar-refractivity contribution in [2.45, 2.75) is 12.3 Å². The van der Waals surface area contributed by atoms with E-state index in [0.717, 1.165) is 5.56 Å². The van der Waals surface area contributed by atoms with Crippen LogP contribution in [0.15, 0.2) is 43.0 Å². The van der Waals surface area contributed by atoms with Gasteiger partial charge in [0.2, 0.25) is 0 Å². The second kappa shape index (κ2) is 6.80. The lowest BCUT2D eigenvalue weighted by Crippen LogP contribution is -2.18. The molecule has 0 aliphatic rings. The molecule has 3 nitrogen and oxygen atoms in total. The van der Waals surface area contributed by atoms with E-state index >= 15 is 0 Å². The molecule has 16 heavy (non-hydrogen) atoms. The molecule has 0 heterocycles. The number of carbonyl (C=O) groups excluding carboxylic acids is 1. The van der Waals surface area contributed by atoms with Gasteiger partial charge in [-0.05, 0) is 12.1 Å². The van der Waals surface area contributed by atoms with Gasteiger partial charge in [0, 0.05) is 5.92 Å². The van der Waals surface area contributed by atoms with Crippen LogP contribution >= 0.6 is 0 Å². The lowest BCUT2D eigenvalue weighted by Gasteiger charge is -2.13. The van der Waals surface area contributed by atoms with Gasteiger partial charge in [-0.3, -0.25) is 4.79 Å². The highest BCUT2D eigenvalue weighted by atomic mass is 16.5. The fourth-order valence-electron chi connectivity index (χ4n) is 1.47. The highest BCUT2D eigenvalue weighted by Gasteiger charge is 2.14. The van der Waals surface area contributed by atoms with E-state index in [2.05, 4.69) is 6.58 Å². The summed E-state index contributed by atoms with van der Waals surface area (Å²) in [6.07, 6.45) is 1.87. The van der Waals surface area contributed by atoms with Gasteiger partial charge in [-0.1, -0.05) is 43.0 Å². The average Bonchev–Trinajstić information content (AvgIpc) is 2.34. The number of carbonyl (C=O) groups is 1. The second-order valence-electron chi connectivity index (χ2n) is 3.52. The molecule has 0 saturated carbocycles. The monoisotopic (exact) mass is 219 g/mol. The molecule has 1 aromatic rings. The van der Waals surface area contributed by atoms with Crippen molar-refractivity contribution in [2.75, 3.05) is 13.2 Å². The van der Waals surface area contributed by atoms with Crippen molar-refractivity contribution in [3.63, 3.8) is 0 Å². The quantitative estimate of drug-likeness (QED) is 0.586. The van der Waals surface area contributed by atoms with Crippen molar-refractivity contribution in [3.05, 3.63) is 48.6 Å². The van der Waals surface area contributed by atoms with Crippen LogP contribution in [0.5, 0.6) is 0 Å². The van der Waals surface area contributed by atoms with E-state index in [1.165, 1.54) is 0 Å². The fourth-order valence-corrected chi connectivity index (χ4v) is 1.47. The minimum absolute atomic E-state index is 0.0264. The predicted octanol–water partition coefficient (Wildman–Crippen LogP) is 1.85. The SMILES string of the molecule is C=CCOC(=O)CC(CN)c1ccccc1. The van der Waals surface area contributed by atoms with E-state index in [1.54, 1.807) is 6.08 Å². The van der Waals surface area contributed by atoms with E-state index in [0.29, 0.717) is 13.0 Å². The summed E-state index contributed by atoms with van der Waals surface area (Å²) in [6.45, 7) is 4.18. The predicted molar refractivity (Wildman–Crippen MR) is 64.0 cm³/mol. The van der Waals surface area contributed by atoms with Gasteiger partial charge in [0.25, 0.3) is 0 Å². The van der Waals surface area contributed by atoms with Gasteiger partial charge in [-0.25, -0.2) is 0 Å². The largest absolute Gasteiger partial charge is 0.461 e. The maximum absolute atomic E-state index is 11.4. The average molecular weight is 219 g/mol. The Bertz CT molecular complexity index is 335. The maximum atomic E-state index is 11.4. The van der Waals surface area contributed by atoms with E-state index in [1.807, 2.05) is 30.3 Å². The highest BCUT2D eigenvalue weighted by Crippen LogP contribution is 2.18. The third-order valence-corrected chi connectivity index (χ3v) is 2.33. The molecule has 0 radical (unpaired) electrons. The molecule has 1 unspecified atom stereocenters. The van der Waals surface area contributed by atoms with Crippen LogP contribution in [0.4, 0.5) is 0 Å². The molecule has 1 rings (SSSR count). The van der Waals surface area contributed by atoms with E-state index in [-0.39, 0.29) is 18.5 Å². The standard InChI is InChI=1S/C13H17NO2/c1-2-8-16-13(15)9-12(10-14)11-6-4-3-5-7-11/h2-7,12H,1,8-10,14H2. The van der Waals surface area contributed by atoms with Crippen molar-refractivity contribution in [1.82, 2.24) is 0 Å². The summed E-state index contributed by atoms with van der Waals surface area (Å²) in [7, 11) is 0. The van der Waals surface area contributed by atoms with Crippen LogP contribution in [0, 0.1) is 0 Å². The number of benzene rings is 1. The molecule has 0 aliphatic heterocycles. The number of esters is 1. The smallest absolute Gasteiger partial charge is 0.306 e. The normalized spacial score (nSPS) is 11.8. The van der Waals surface area contributed by atoms with Gasteiger partial charge in [-0.15, -0.1) is 0 Å². The van der Waals surface area contributed by atoms with Gasteiger partial charge >= 0.3 is 5.97 Å². The Morgan fingerprint density at radius 2 is 2.12 bits per heavy atom. The highest BCUT2D eigenvalue weighted by molar-refractivity contribution is 5.70. The van der Waals surface area contributed by atoms with E-state index < -0.39 is 0 Å². The van der Waals surface area contributed by atoms with Gasteiger partial charge < -0.3 is 10.5 Å². The number of rotatable bonds is 6. The molecule has 0 saturated heterocycles. The summed E-state index contributed by atoms with van der Waals surface area (Å²) < 4.78 is 4.93. The summed E-state index contributed by atoms with van der Waals surface area (Å²) in [6, 6.07) is 9.75. The van der Waals surface area contributed by atoms with Crippen molar-refractivity contribution >= 4 is 5.97 Å². The van der Waals surface area contributed by atoms with Gasteiger partial charge in [0.05, 0.1) is 6.42 Å². The molecule has 86 valence electrons. The molecule has 0 aromatic heterocycles. The Morgan fingerprint density at radius 1 is 1.44 bits per heavy atom. The first-order chi connectivity index (χ1) is 7.77. The summed E-state index contributed by atoms with van der Waals surface area (Å²) in [4.78, 5) is 11.4. The first-order valence-electron chi connectivity index (χ1n) is 5.29. The number of nitrogens with two attached hydrogens (primary N) is 1. The molecule has 0 aliphatic carbocycles. The summed E-state index contributed by atoms with van der Waals surface area (Å²) in [5, 5.41) is 0. The zero-order chi connectivity index (χ0) is 11.8. The van der Waals surface area contributed by atoms with Crippen molar-refractivity contribution in [3.8, 4) is 0 Å². The Kier molecular flexibility index (Phi) is 5.29. The number of hydrogen-bond donors (Lipinski definition) is 1. The molecule has 0 spiro atoms. The van der Waals surface area contributed by atoms with Crippen LogP contribution in [-0.2, 0) is 9.53 Å². The Morgan fingerprint density at radius 3 is 2.69 bits per heavy atom. The summed E-state index contributed by atoms with van der Waals surface area (Å²) in [5.41, 5.74) is 6.72. The van der Waals surface area contributed by atoms with E-state index in [9.17, 15) is 4.79 Å². The molecular weight excluding hydrogens is 202 g/mol. The molecule has 0 fully saturated rings. The van der Waals surface area contributed by atoms with E-state index in [4.69, 9.17) is 10.5 Å². The molecule has 3 heteroatoms. The minimum Gasteiger partial charge on any atom is -0.461 e. The zero-order valence-electron chi connectivity index (χ0n) is 9.26. The fraction of sp³-hybridized carbons (Fsp3) is 0.308. The number of ether oxygens (including phenoxy) is 1. The summed E-state index contributed by atoms with van der Waals surface area (Å²) in [5.74, 6) is -0.210. The topological polar surface area (TPSA) is 52.3 Å². The zero-order valence-corrected chi connectivity index (χ0v) is 9.26. The third-order valence-electron chi connectivity index (χ3n) is 2.33. The second-order valence-corrected chi connectivity index (χ2v) is 3.52. The van der Waals surface area contributed by atoms with Crippen molar-refractivity contribution in [2.24, 2.45) is 5.73 Å². The van der Waals surface area contributed by atoms with Crippen molar-refractivity contribution < 1.29 is 9.53 Å². The molecule has 0 amide bonds. The third kappa shape index (κ3) is 3.87. The maximum Gasteiger partial charge on any atom is 0.306 e. The van der Waals surface area contributed by atoms with Crippen LogP contribution in [0.2, 0.25) is 0 Å². The van der Waals surface area contributed by atoms with Gasteiger partial charge in [-0.2, -0.15) is 0 Å². The first-order valence-corrected chi connectivity index (χ1v) is 5.29. The Balaban J connectivity index is 2.55. The Labute approximate surface area is 95.9 Å². The summed E-state index contributed by atoms with van der Waals surface area (Å²) >= 11 is 0. The molecule has 1 atom stereocenters. The van der Waals surface area contributed by atoms with Crippen LogP contribution in [0.3, 0.4) is 0 Å². The molecule has 0 bridgehead atoms. The van der Waals surface area contributed by atoms with Gasteiger partial charge in [0.15, 0.2) is 0 Å². The van der Waals surface area contributed by atoms with Gasteiger partial charge in [0.1, 0.15) is 6.61 Å². The van der Waals surface area contributed by atoms with Crippen LogP contribution in [-0.4, -0.2) is 19.1 Å². The first kappa shape index (κ1) is 12.5. The lowest BCUT2D eigenvalue weighted by atomic mass is 9.96. The molecular formula is C13H17NO2.